The number of carbonyl (C=O) groups is 1. The zero-order chi connectivity index (χ0) is 16.3. The summed E-state index contributed by atoms with van der Waals surface area (Å²) >= 11 is 0. The normalized spacial score (nSPS) is 11.6. The lowest BCUT2D eigenvalue weighted by molar-refractivity contribution is -0.136. The highest BCUT2D eigenvalue weighted by atomic mass is 19.4. The summed E-state index contributed by atoms with van der Waals surface area (Å²) in [4.78, 5) is 25.1. The maximum Gasteiger partial charge on any atom is 0.390 e. The van der Waals surface area contributed by atoms with Gasteiger partial charge in [-0.25, -0.2) is 0 Å². The van der Waals surface area contributed by atoms with E-state index in [4.69, 9.17) is 4.42 Å². The van der Waals surface area contributed by atoms with Crippen LogP contribution in [0.1, 0.15) is 23.9 Å². The third kappa shape index (κ3) is 3.66. The van der Waals surface area contributed by atoms with Gasteiger partial charge in [0, 0.05) is 19.2 Å². The number of amides is 1. The lowest BCUT2D eigenvalue weighted by atomic mass is 10.2. The Morgan fingerprint density at radius 3 is 2.59 bits per heavy atom. The van der Waals surface area contributed by atoms with Crippen molar-refractivity contribution in [3.8, 4) is 0 Å². The van der Waals surface area contributed by atoms with Crippen molar-refractivity contribution in [1.29, 1.82) is 0 Å². The molecule has 0 bridgehead atoms. The fraction of sp³-hybridized carbons (Fsp3) is 0.333. The quantitative estimate of drug-likeness (QED) is 0.871. The van der Waals surface area contributed by atoms with E-state index >= 15 is 0 Å². The van der Waals surface area contributed by atoms with Crippen LogP contribution in [0.25, 0.3) is 11.0 Å². The van der Waals surface area contributed by atoms with E-state index in [1.165, 1.54) is 6.07 Å². The highest BCUT2D eigenvalue weighted by Gasteiger charge is 2.29. The van der Waals surface area contributed by atoms with Crippen molar-refractivity contribution in [3.05, 3.63) is 46.3 Å². The number of alkyl halides is 3. The molecule has 1 aromatic heterocycles. The summed E-state index contributed by atoms with van der Waals surface area (Å²) < 4.78 is 42.2. The molecule has 0 aliphatic carbocycles. The second-order valence-corrected chi connectivity index (χ2v) is 4.72. The molecule has 0 atom stereocenters. The van der Waals surface area contributed by atoms with Gasteiger partial charge in [-0.3, -0.25) is 9.59 Å². The molecule has 1 amide bonds. The second-order valence-electron chi connectivity index (χ2n) is 4.72. The van der Waals surface area contributed by atoms with E-state index in [0.717, 1.165) is 11.0 Å². The van der Waals surface area contributed by atoms with Gasteiger partial charge in [0.2, 0.25) is 0 Å². The molecule has 4 nitrogen and oxygen atoms in total. The minimum absolute atomic E-state index is 0.0887. The first-order valence-corrected chi connectivity index (χ1v) is 6.70. The fourth-order valence-corrected chi connectivity index (χ4v) is 2.03. The number of benzene rings is 1. The summed E-state index contributed by atoms with van der Waals surface area (Å²) in [5, 5.41) is 0.317. The van der Waals surface area contributed by atoms with Crippen molar-refractivity contribution in [2.45, 2.75) is 19.5 Å². The van der Waals surface area contributed by atoms with Gasteiger partial charge in [-0.2, -0.15) is 13.2 Å². The first-order chi connectivity index (χ1) is 10.3. The summed E-state index contributed by atoms with van der Waals surface area (Å²) in [6.45, 7) is 1.17. The first kappa shape index (κ1) is 16.1. The van der Waals surface area contributed by atoms with Crippen LogP contribution in [0.2, 0.25) is 0 Å². The number of carbonyl (C=O) groups excluding carboxylic acids is 1. The molecular weight excluding hydrogens is 299 g/mol. The summed E-state index contributed by atoms with van der Waals surface area (Å²) in [5.74, 6) is -0.984. The van der Waals surface area contributed by atoms with Gasteiger partial charge in [0.25, 0.3) is 5.91 Å². The van der Waals surface area contributed by atoms with Gasteiger partial charge in [-0.1, -0.05) is 12.1 Å². The van der Waals surface area contributed by atoms with Crippen LogP contribution in [0.15, 0.2) is 39.5 Å². The van der Waals surface area contributed by atoms with Crippen LogP contribution in [0.4, 0.5) is 13.2 Å². The van der Waals surface area contributed by atoms with Crippen LogP contribution in [0.5, 0.6) is 0 Å². The maximum absolute atomic E-state index is 12.3. The van der Waals surface area contributed by atoms with Crippen LogP contribution in [-0.2, 0) is 0 Å². The molecule has 118 valence electrons. The predicted octanol–water partition coefficient (Wildman–Crippen LogP) is 3.21. The molecule has 0 fully saturated rings. The third-order valence-corrected chi connectivity index (χ3v) is 3.18. The van der Waals surface area contributed by atoms with E-state index in [0.29, 0.717) is 5.39 Å². The third-order valence-electron chi connectivity index (χ3n) is 3.18. The Morgan fingerprint density at radius 2 is 1.95 bits per heavy atom. The van der Waals surface area contributed by atoms with Gasteiger partial charge in [-0.05, 0) is 19.1 Å². The topological polar surface area (TPSA) is 50.5 Å². The molecular formula is C15H14F3NO3. The molecule has 0 spiro atoms. The molecule has 7 heteroatoms. The van der Waals surface area contributed by atoms with E-state index in [1.54, 1.807) is 25.1 Å². The highest BCUT2D eigenvalue weighted by Crippen LogP contribution is 2.20. The molecule has 2 rings (SSSR count). The van der Waals surface area contributed by atoms with E-state index in [-0.39, 0.29) is 17.9 Å². The Bertz CT molecular complexity index is 737. The molecule has 0 saturated carbocycles. The second kappa shape index (κ2) is 6.21. The zero-order valence-corrected chi connectivity index (χ0v) is 11.8. The van der Waals surface area contributed by atoms with Gasteiger partial charge in [0.15, 0.2) is 11.2 Å². The Labute approximate surface area is 124 Å². The molecule has 0 radical (unpaired) electrons. The molecule has 0 aliphatic rings. The highest BCUT2D eigenvalue weighted by molar-refractivity contribution is 5.93. The Morgan fingerprint density at radius 1 is 1.27 bits per heavy atom. The maximum atomic E-state index is 12.3. The van der Waals surface area contributed by atoms with Crippen molar-refractivity contribution in [2.75, 3.05) is 13.1 Å². The van der Waals surface area contributed by atoms with Gasteiger partial charge >= 0.3 is 6.18 Å². The van der Waals surface area contributed by atoms with Crippen LogP contribution in [0.3, 0.4) is 0 Å². The molecule has 0 aliphatic heterocycles. The molecule has 1 heterocycles. The molecule has 0 N–H and O–H groups in total. The Hall–Kier alpha value is -2.31. The molecule has 22 heavy (non-hydrogen) atoms. The standard InChI is InChI=1S/C15H14F3NO3/c1-2-19(8-7-15(16,17)18)14(21)13-9-11(20)10-5-3-4-6-12(10)22-13/h3-6,9H,2,7-8H2,1H3. The average Bonchev–Trinajstić information content (AvgIpc) is 2.46. The van der Waals surface area contributed by atoms with E-state index in [2.05, 4.69) is 0 Å². The van der Waals surface area contributed by atoms with Crippen molar-refractivity contribution in [1.82, 2.24) is 4.90 Å². The van der Waals surface area contributed by atoms with Crippen LogP contribution in [0, 0.1) is 0 Å². The largest absolute Gasteiger partial charge is 0.451 e. The van der Waals surface area contributed by atoms with Crippen LogP contribution in [-0.4, -0.2) is 30.1 Å². The smallest absolute Gasteiger partial charge is 0.390 e. The average molecular weight is 313 g/mol. The summed E-state index contributed by atoms with van der Waals surface area (Å²) in [5.41, 5.74) is -0.178. The van der Waals surface area contributed by atoms with Gasteiger partial charge < -0.3 is 9.32 Å². The molecule has 0 unspecified atom stereocenters. The van der Waals surface area contributed by atoms with Crippen LogP contribution < -0.4 is 5.43 Å². The molecule has 2 aromatic rings. The van der Waals surface area contributed by atoms with Gasteiger partial charge in [0.05, 0.1) is 11.8 Å². The Kier molecular flexibility index (Phi) is 4.54. The summed E-state index contributed by atoms with van der Waals surface area (Å²) in [6, 6.07) is 7.39. The number of nitrogens with zero attached hydrogens (tertiary/aromatic N) is 1. The number of halogens is 3. The number of para-hydroxylation sites is 1. The van der Waals surface area contributed by atoms with E-state index in [9.17, 15) is 22.8 Å². The molecule has 1 aromatic carbocycles. The lowest BCUT2D eigenvalue weighted by Gasteiger charge is -2.20. The number of hydrogen-bond donors (Lipinski definition) is 0. The van der Waals surface area contributed by atoms with Crippen molar-refractivity contribution in [2.24, 2.45) is 0 Å². The Balaban J connectivity index is 2.29. The minimum atomic E-state index is -4.35. The first-order valence-electron chi connectivity index (χ1n) is 6.70. The lowest BCUT2D eigenvalue weighted by Crippen LogP contribution is -2.34. The summed E-state index contributed by atoms with van der Waals surface area (Å²) in [6.07, 6.45) is -5.46. The van der Waals surface area contributed by atoms with Crippen molar-refractivity contribution >= 4 is 16.9 Å². The summed E-state index contributed by atoms with van der Waals surface area (Å²) in [7, 11) is 0. The van der Waals surface area contributed by atoms with E-state index in [1.807, 2.05) is 0 Å². The SMILES string of the molecule is CCN(CCC(F)(F)F)C(=O)c1cc(=O)c2ccccc2o1. The van der Waals surface area contributed by atoms with Crippen molar-refractivity contribution in [3.63, 3.8) is 0 Å². The van der Waals surface area contributed by atoms with Crippen molar-refractivity contribution < 1.29 is 22.4 Å². The zero-order valence-electron chi connectivity index (χ0n) is 11.8. The van der Waals surface area contributed by atoms with E-state index < -0.39 is 30.5 Å². The van der Waals surface area contributed by atoms with Gasteiger partial charge in [-0.15, -0.1) is 0 Å². The van der Waals surface area contributed by atoms with Crippen LogP contribution >= 0.6 is 0 Å². The number of hydrogen-bond acceptors (Lipinski definition) is 3. The number of rotatable bonds is 4. The van der Waals surface area contributed by atoms with Gasteiger partial charge in [0.1, 0.15) is 5.58 Å². The predicted molar refractivity (Wildman–Crippen MR) is 74.7 cm³/mol. The minimum Gasteiger partial charge on any atom is -0.451 e. The monoisotopic (exact) mass is 313 g/mol. The molecule has 0 saturated heterocycles. The fourth-order valence-electron chi connectivity index (χ4n) is 2.03. The number of fused-ring (bicyclic) bond motifs is 1.